The monoisotopic (exact) mass is 457 g/mol. The van der Waals surface area contributed by atoms with Crippen molar-refractivity contribution in [3.05, 3.63) is 57.2 Å². The van der Waals surface area contributed by atoms with Crippen LogP contribution < -0.4 is 10.6 Å². The highest BCUT2D eigenvalue weighted by Crippen LogP contribution is 2.22. The highest BCUT2D eigenvalue weighted by molar-refractivity contribution is 6.36. The molecule has 1 aromatic carbocycles. The van der Waals surface area contributed by atoms with Crippen molar-refractivity contribution >= 4 is 58.4 Å². The molecule has 2 amide bonds. The zero-order chi connectivity index (χ0) is 21.4. The molecule has 0 bridgehead atoms. The van der Waals surface area contributed by atoms with Gasteiger partial charge in [0.25, 0.3) is 11.8 Å². The van der Waals surface area contributed by atoms with E-state index in [4.69, 9.17) is 39.5 Å². The lowest BCUT2D eigenvalue weighted by Crippen LogP contribution is -2.31. The summed E-state index contributed by atoms with van der Waals surface area (Å²) in [6.07, 6.45) is 0.688. The number of rotatable bonds is 8. The fourth-order valence-corrected chi connectivity index (χ4v) is 2.73. The van der Waals surface area contributed by atoms with Gasteiger partial charge < -0.3 is 15.4 Å². The molecular formula is C19H18Cl3N3O4. The Bertz CT molecular complexity index is 891. The van der Waals surface area contributed by atoms with Crippen LogP contribution in [-0.2, 0) is 14.3 Å². The molecule has 0 saturated carbocycles. The van der Waals surface area contributed by atoms with Crippen molar-refractivity contribution in [1.29, 1.82) is 0 Å². The lowest BCUT2D eigenvalue weighted by molar-refractivity contribution is -0.153. The number of ether oxygens (including phenoxy) is 1. The molecule has 10 heteroatoms. The summed E-state index contributed by atoms with van der Waals surface area (Å²) in [4.78, 5) is 39.8. The van der Waals surface area contributed by atoms with E-state index in [1.165, 1.54) is 19.2 Å². The van der Waals surface area contributed by atoms with E-state index in [9.17, 15) is 14.4 Å². The van der Waals surface area contributed by atoms with E-state index >= 15 is 0 Å². The first-order valence-corrected chi connectivity index (χ1v) is 9.75. The SMILES string of the molecule is CC(OC(=O)CCCNC(=O)c1ccc(Cl)cc1)C(=O)Nc1ncc(Cl)cc1Cl. The molecule has 7 nitrogen and oxygen atoms in total. The van der Waals surface area contributed by atoms with Crippen LogP contribution in [0.4, 0.5) is 5.82 Å². The number of amides is 2. The minimum atomic E-state index is -1.04. The van der Waals surface area contributed by atoms with Gasteiger partial charge in [0.15, 0.2) is 11.9 Å². The van der Waals surface area contributed by atoms with Gasteiger partial charge in [-0.1, -0.05) is 34.8 Å². The first kappa shape index (κ1) is 22.9. The number of hydrogen-bond acceptors (Lipinski definition) is 5. The van der Waals surface area contributed by atoms with Crippen LogP contribution in [0.2, 0.25) is 15.1 Å². The molecule has 0 aliphatic rings. The summed E-state index contributed by atoms with van der Waals surface area (Å²) in [7, 11) is 0. The van der Waals surface area contributed by atoms with E-state index in [-0.39, 0.29) is 29.7 Å². The minimum Gasteiger partial charge on any atom is -0.453 e. The molecule has 2 N–H and O–H groups in total. The fourth-order valence-electron chi connectivity index (χ4n) is 2.17. The molecular weight excluding hydrogens is 441 g/mol. The van der Waals surface area contributed by atoms with Gasteiger partial charge in [-0.3, -0.25) is 14.4 Å². The summed E-state index contributed by atoms with van der Waals surface area (Å²) in [5.41, 5.74) is 0.469. The molecule has 0 aliphatic heterocycles. The van der Waals surface area contributed by atoms with Crippen LogP contribution in [0.15, 0.2) is 36.5 Å². The first-order valence-electron chi connectivity index (χ1n) is 8.61. The number of benzene rings is 1. The number of halogens is 3. The third-order valence-electron chi connectivity index (χ3n) is 3.68. The first-order chi connectivity index (χ1) is 13.8. The van der Waals surface area contributed by atoms with Gasteiger partial charge in [0, 0.05) is 29.7 Å². The number of carbonyl (C=O) groups excluding carboxylic acids is 3. The molecule has 1 aromatic heterocycles. The van der Waals surface area contributed by atoms with E-state index in [0.717, 1.165) is 0 Å². The summed E-state index contributed by atoms with van der Waals surface area (Å²) in [6.45, 7) is 1.71. The summed E-state index contributed by atoms with van der Waals surface area (Å²) in [5, 5.41) is 6.19. The lowest BCUT2D eigenvalue weighted by Gasteiger charge is -2.14. The summed E-state index contributed by atoms with van der Waals surface area (Å²) >= 11 is 17.5. The van der Waals surface area contributed by atoms with E-state index in [1.807, 2.05) is 0 Å². The fraction of sp³-hybridized carbons (Fsp3) is 0.263. The third kappa shape index (κ3) is 7.53. The van der Waals surface area contributed by atoms with Crippen LogP contribution in [0.1, 0.15) is 30.1 Å². The molecule has 2 rings (SSSR count). The van der Waals surface area contributed by atoms with Gasteiger partial charge in [0.2, 0.25) is 0 Å². The van der Waals surface area contributed by atoms with Crippen LogP contribution in [0.5, 0.6) is 0 Å². The number of anilines is 1. The zero-order valence-electron chi connectivity index (χ0n) is 15.4. The van der Waals surface area contributed by atoms with Crippen molar-refractivity contribution in [1.82, 2.24) is 10.3 Å². The molecule has 1 unspecified atom stereocenters. The predicted octanol–water partition coefficient (Wildman–Crippen LogP) is 4.12. The average Bonchev–Trinajstić information content (AvgIpc) is 2.67. The zero-order valence-corrected chi connectivity index (χ0v) is 17.6. The second-order valence-electron chi connectivity index (χ2n) is 5.97. The van der Waals surface area contributed by atoms with E-state index in [0.29, 0.717) is 22.0 Å². The van der Waals surface area contributed by atoms with Crippen molar-refractivity contribution in [3.8, 4) is 0 Å². The molecule has 2 aromatic rings. The largest absolute Gasteiger partial charge is 0.453 e. The van der Waals surface area contributed by atoms with Gasteiger partial charge in [0.1, 0.15) is 0 Å². The second kappa shape index (κ2) is 11.0. The maximum atomic E-state index is 12.1. The van der Waals surface area contributed by atoms with Gasteiger partial charge >= 0.3 is 5.97 Å². The van der Waals surface area contributed by atoms with Crippen LogP contribution in [0, 0.1) is 0 Å². The summed E-state index contributed by atoms with van der Waals surface area (Å²) < 4.78 is 5.08. The highest BCUT2D eigenvalue weighted by Gasteiger charge is 2.19. The number of hydrogen-bond donors (Lipinski definition) is 2. The van der Waals surface area contributed by atoms with Gasteiger partial charge in [-0.2, -0.15) is 0 Å². The number of nitrogens with zero attached hydrogens (tertiary/aromatic N) is 1. The molecule has 1 atom stereocenters. The number of aromatic nitrogens is 1. The Hall–Kier alpha value is -2.35. The summed E-state index contributed by atoms with van der Waals surface area (Å²) in [5.74, 6) is -1.29. The molecule has 29 heavy (non-hydrogen) atoms. The second-order valence-corrected chi connectivity index (χ2v) is 7.25. The molecule has 0 spiro atoms. The Kier molecular flexibility index (Phi) is 8.70. The van der Waals surface area contributed by atoms with Crippen molar-refractivity contribution in [2.45, 2.75) is 25.9 Å². The Morgan fingerprint density at radius 3 is 2.45 bits per heavy atom. The van der Waals surface area contributed by atoms with Gasteiger partial charge in [-0.15, -0.1) is 0 Å². The minimum absolute atomic E-state index is 0.0401. The van der Waals surface area contributed by atoms with Crippen LogP contribution >= 0.6 is 34.8 Å². The number of pyridine rings is 1. The number of esters is 1. The molecule has 1 heterocycles. The molecule has 154 valence electrons. The standard InChI is InChI=1S/C19H18Cl3N3O4/c1-11(18(27)25-17-15(22)9-14(21)10-24-17)29-16(26)3-2-8-23-19(28)12-4-6-13(20)7-5-12/h4-7,9-11H,2-3,8H2,1H3,(H,23,28)(H,24,25,27). The van der Waals surface area contributed by atoms with E-state index in [1.54, 1.807) is 24.3 Å². The molecule has 0 fully saturated rings. The van der Waals surface area contributed by atoms with Crippen LogP contribution in [-0.4, -0.2) is 35.4 Å². The normalized spacial score (nSPS) is 11.4. The Morgan fingerprint density at radius 2 is 1.79 bits per heavy atom. The average molecular weight is 459 g/mol. The summed E-state index contributed by atoms with van der Waals surface area (Å²) in [6, 6.07) is 7.88. The Labute approximate surface area is 182 Å². The molecule has 0 saturated heterocycles. The number of nitrogens with one attached hydrogen (secondary N) is 2. The maximum absolute atomic E-state index is 12.1. The Morgan fingerprint density at radius 1 is 1.10 bits per heavy atom. The maximum Gasteiger partial charge on any atom is 0.306 e. The quantitative estimate of drug-likeness (QED) is 0.458. The number of carbonyl (C=O) groups is 3. The molecule has 0 radical (unpaired) electrons. The van der Waals surface area contributed by atoms with Crippen LogP contribution in [0.25, 0.3) is 0 Å². The van der Waals surface area contributed by atoms with Crippen molar-refractivity contribution in [2.24, 2.45) is 0 Å². The molecule has 0 aliphatic carbocycles. The predicted molar refractivity (Wildman–Crippen MR) is 111 cm³/mol. The topological polar surface area (TPSA) is 97.4 Å². The van der Waals surface area contributed by atoms with Crippen molar-refractivity contribution < 1.29 is 19.1 Å². The highest BCUT2D eigenvalue weighted by atomic mass is 35.5. The van der Waals surface area contributed by atoms with Crippen LogP contribution in [0.3, 0.4) is 0 Å². The van der Waals surface area contributed by atoms with Gasteiger partial charge in [-0.05, 0) is 43.7 Å². The van der Waals surface area contributed by atoms with Crippen molar-refractivity contribution in [3.63, 3.8) is 0 Å². The van der Waals surface area contributed by atoms with E-state index in [2.05, 4.69) is 15.6 Å². The Balaban J connectivity index is 1.70. The van der Waals surface area contributed by atoms with E-state index < -0.39 is 18.0 Å². The lowest BCUT2D eigenvalue weighted by atomic mass is 10.2. The van der Waals surface area contributed by atoms with Gasteiger partial charge in [-0.25, -0.2) is 4.98 Å². The van der Waals surface area contributed by atoms with Gasteiger partial charge in [0.05, 0.1) is 10.0 Å². The third-order valence-corrected chi connectivity index (χ3v) is 4.42. The smallest absolute Gasteiger partial charge is 0.306 e. The van der Waals surface area contributed by atoms with Crippen molar-refractivity contribution in [2.75, 3.05) is 11.9 Å².